The van der Waals surface area contributed by atoms with Crippen molar-refractivity contribution in [2.75, 3.05) is 6.54 Å². The van der Waals surface area contributed by atoms with Gasteiger partial charge in [-0.25, -0.2) is 14.8 Å². The molecule has 3 rings (SSSR count). The van der Waals surface area contributed by atoms with Crippen LogP contribution in [-0.4, -0.2) is 39.3 Å². The number of carboxylic acids is 1. The van der Waals surface area contributed by atoms with Gasteiger partial charge in [-0.3, -0.25) is 0 Å². The maximum atomic E-state index is 12.9. The van der Waals surface area contributed by atoms with E-state index in [4.69, 9.17) is 15.2 Å². The zero-order valence-electron chi connectivity index (χ0n) is 17.4. The molecular formula is C21H20F6N4O2. The number of alkyl halides is 6. The highest BCUT2D eigenvalue weighted by Gasteiger charge is 2.38. The Kier molecular flexibility index (Phi) is 8.02. The molecule has 0 saturated heterocycles. The third-order valence-electron chi connectivity index (χ3n) is 4.77. The van der Waals surface area contributed by atoms with E-state index in [1.165, 1.54) is 18.9 Å². The maximum absolute atomic E-state index is 12.9. The Balaban J connectivity index is 0.000000479. The number of hydrogen-bond acceptors (Lipinski definition) is 5. The van der Waals surface area contributed by atoms with Crippen molar-refractivity contribution in [1.29, 1.82) is 5.26 Å². The van der Waals surface area contributed by atoms with Crippen molar-refractivity contribution in [3.63, 3.8) is 0 Å². The van der Waals surface area contributed by atoms with Crippen LogP contribution in [0, 0.1) is 11.3 Å². The van der Waals surface area contributed by atoms with Gasteiger partial charge in [0.2, 0.25) is 5.82 Å². The Morgan fingerprint density at radius 2 is 1.82 bits per heavy atom. The molecule has 0 atom stereocenters. The number of benzene rings is 1. The summed E-state index contributed by atoms with van der Waals surface area (Å²) in [6.07, 6.45) is -5.68. The van der Waals surface area contributed by atoms with Crippen molar-refractivity contribution in [3.8, 4) is 17.3 Å². The Hall–Kier alpha value is -3.20. The number of carbonyl (C=O) groups is 1. The first-order valence-corrected chi connectivity index (χ1v) is 9.74. The minimum atomic E-state index is -5.08. The number of nitriles is 1. The second-order valence-electron chi connectivity index (χ2n) is 7.65. The fourth-order valence-electron chi connectivity index (χ4n) is 2.70. The Morgan fingerprint density at radius 1 is 1.18 bits per heavy atom. The van der Waals surface area contributed by atoms with Crippen LogP contribution in [0.2, 0.25) is 0 Å². The highest BCUT2D eigenvalue weighted by molar-refractivity contribution is 5.73. The summed E-state index contributed by atoms with van der Waals surface area (Å²) in [6.45, 7) is 3.01. The van der Waals surface area contributed by atoms with Crippen LogP contribution in [0.15, 0.2) is 30.3 Å². The molecule has 0 amide bonds. The zero-order chi connectivity index (χ0) is 24.9. The molecule has 1 aromatic carbocycles. The van der Waals surface area contributed by atoms with E-state index in [9.17, 15) is 26.3 Å². The number of carboxylic acid groups (broad SMARTS) is 1. The molecule has 2 N–H and O–H groups in total. The summed E-state index contributed by atoms with van der Waals surface area (Å²) in [7, 11) is 0. The first-order valence-electron chi connectivity index (χ1n) is 9.74. The average molecular weight is 474 g/mol. The molecule has 1 aliphatic rings. The lowest BCUT2D eigenvalue weighted by molar-refractivity contribution is -0.192. The first kappa shape index (κ1) is 26.1. The monoisotopic (exact) mass is 474 g/mol. The quantitative estimate of drug-likeness (QED) is 0.464. The molecular weight excluding hydrogens is 454 g/mol. The summed E-state index contributed by atoms with van der Waals surface area (Å²) in [4.78, 5) is 17.1. The predicted molar refractivity (Wildman–Crippen MR) is 105 cm³/mol. The van der Waals surface area contributed by atoms with Gasteiger partial charge >= 0.3 is 18.3 Å². The SMILES string of the molecule is CC1(NCCCc2cc(-c3cccc(C(F)(F)F)c3)nc(C#N)n2)CC1.O=C(O)C(F)(F)F. The van der Waals surface area contributed by atoms with Crippen LogP contribution in [0.3, 0.4) is 0 Å². The lowest BCUT2D eigenvalue weighted by atomic mass is 10.1. The van der Waals surface area contributed by atoms with E-state index in [1.54, 1.807) is 12.1 Å². The molecule has 0 radical (unpaired) electrons. The molecule has 1 heterocycles. The number of nitrogens with one attached hydrogen (secondary N) is 1. The van der Waals surface area contributed by atoms with E-state index in [0.717, 1.165) is 25.1 Å². The van der Waals surface area contributed by atoms with Gasteiger partial charge in [0.05, 0.1) is 11.3 Å². The number of halogens is 6. The summed E-state index contributed by atoms with van der Waals surface area (Å²) in [5, 5.41) is 19.7. The second-order valence-corrected chi connectivity index (χ2v) is 7.65. The number of aliphatic carboxylic acids is 1. The summed E-state index contributed by atoms with van der Waals surface area (Å²) in [6, 6.07) is 8.50. The Labute approximate surface area is 185 Å². The summed E-state index contributed by atoms with van der Waals surface area (Å²) >= 11 is 0. The fraction of sp³-hybridized carbons (Fsp3) is 0.429. The van der Waals surface area contributed by atoms with Gasteiger partial charge in [-0.15, -0.1) is 0 Å². The highest BCUT2D eigenvalue weighted by atomic mass is 19.4. The van der Waals surface area contributed by atoms with E-state index in [-0.39, 0.29) is 11.4 Å². The highest BCUT2D eigenvalue weighted by Crippen LogP contribution is 2.34. The van der Waals surface area contributed by atoms with Crippen molar-refractivity contribution in [1.82, 2.24) is 15.3 Å². The number of aromatic nitrogens is 2. The van der Waals surface area contributed by atoms with E-state index < -0.39 is 23.9 Å². The van der Waals surface area contributed by atoms with Gasteiger partial charge in [0.1, 0.15) is 6.07 Å². The van der Waals surface area contributed by atoms with Crippen LogP contribution >= 0.6 is 0 Å². The van der Waals surface area contributed by atoms with Crippen LogP contribution < -0.4 is 5.32 Å². The van der Waals surface area contributed by atoms with Crippen LogP contribution in [-0.2, 0) is 17.4 Å². The molecule has 178 valence electrons. The number of nitrogens with zero attached hydrogens (tertiary/aromatic N) is 3. The molecule has 0 bridgehead atoms. The molecule has 1 aliphatic carbocycles. The molecule has 12 heteroatoms. The molecule has 0 aliphatic heterocycles. The third-order valence-corrected chi connectivity index (χ3v) is 4.77. The van der Waals surface area contributed by atoms with Crippen molar-refractivity contribution < 1.29 is 36.2 Å². The minimum Gasteiger partial charge on any atom is -0.475 e. The molecule has 0 unspecified atom stereocenters. The first-order chi connectivity index (χ1) is 15.2. The van der Waals surface area contributed by atoms with E-state index in [2.05, 4.69) is 22.2 Å². The lowest BCUT2D eigenvalue weighted by Crippen LogP contribution is -2.28. The minimum absolute atomic E-state index is 0.0305. The van der Waals surface area contributed by atoms with Crippen LogP contribution in [0.5, 0.6) is 0 Å². The number of hydrogen-bond donors (Lipinski definition) is 2. The average Bonchev–Trinajstić information content (AvgIpc) is 3.47. The molecule has 6 nitrogen and oxygen atoms in total. The summed E-state index contributed by atoms with van der Waals surface area (Å²) in [5.41, 5.74) is 0.831. The standard InChI is InChI=1S/C19H19F3N4.C2HF3O2/c1-18(7-8-18)24-9-3-6-15-11-16(26-17(12-23)25-15)13-4-2-5-14(10-13)19(20,21)22;3-2(4,5)1(6)7/h2,4-5,10-11,24H,3,6-9H2,1H3;(H,6,7). The Morgan fingerprint density at radius 3 is 2.33 bits per heavy atom. The van der Waals surface area contributed by atoms with Crippen LogP contribution in [0.4, 0.5) is 26.3 Å². The van der Waals surface area contributed by atoms with Crippen molar-refractivity contribution >= 4 is 5.97 Å². The molecule has 33 heavy (non-hydrogen) atoms. The van der Waals surface area contributed by atoms with Crippen molar-refractivity contribution in [2.24, 2.45) is 0 Å². The number of aryl methyl sites for hydroxylation is 1. The summed E-state index contributed by atoms with van der Waals surface area (Å²) in [5.74, 6) is -2.79. The lowest BCUT2D eigenvalue weighted by Gasteiger charge is -2.11. The molecule has 1 aromatic heterocycles. The van der Waals surface area contributed by atoms with Gasteiger partial charge in [-0.2, -0.15) is 31.6 Å². The van der Waals surface area contributed by atoms with E-state index in [0.29, 0.717) is 23.4 Å². The van der Waals surface area contributed by atoms with E-state index >= 15 is 0 Å². The van der Waals surface area contributed by atoms with Gasteiger partial charge in [0.25, 0.3) is 0 Å². The zero-order valence-corrected chi connectivity index (χ0v) is 17.4. The normalized spacial score (nSPS) is 14.6. The Bertz CT molecular complexity index is 1030. The van der Waals surface area contributed by atoms with Gasteiger partial charge in [0.15, 0.2) is 0 Å². The molecule has 1 fully saturated rings. The van der Waals surface area contributed by atoms with Crippen LogP contribution in [0.1, 0.15) is 43.3 Å². The molecule has 1 saturated carbocycles. The molecule has 0 spiro atoms. The predicted octanol–water partition coefficient (Wildman–Crippen LogP) is 4.74. The fourth-order valence-corrected chi connectivity index (χ4v) is 2.70. The van der Waals surface area contributed by atoms with Gasteiger partial charge in [0, 0.05) is 16.8 Å². The number of rotatable bonds is 6. The molecule has 2 aromatic rings. The second kappa shape index (κ2) is 10.2. The van der Waals surface area contributed by atoms with Gasteiger partial charge < -0.3 is 10.4 Å². The third kappa shape index (κ3) is 8.34. The summed E-state index contributed by atoms with van der Waals surface area (Å²) < 4.78 is 70.5. The van der Waals surface area contributed by atoms with Crippen LogP contribution in [0.25, 0.3) is 11.3 Å². The van der Waals surface area contributed by atoms with E-state index in [1.807, 2.05) is 6.07 Å². The van der Waals surface area contributed by atoms with Gasteiger partial charge in [-0.1, -0.05) is 12.1 Å². The largest absolute Gasteiger partial charge is 0.490 e. The van der Waals surface area contributed by atoms with Crippen molar-refractivity contribution in [3.05, 3.63) is 47.4 Å². The maximum Gasteiger partial charge on any atom is 0.490 e. The smallest absolute Gasteiger partial charge is 0.475 e. The van der Waals surface area contributed by atoms with Gasteiger partial charge in [-0.05, 0) is 57.4 Å². The topological polar surface area (TPSA) is 98.9 Å². The van der Waals surface area contributed by atoms with Crippen molar-refractivity contribution in [2.45, 2.75) is 50.5 Å².